The van der Waals surface area contributed by atoms with E-state index in [1.54, 1.807) is 12.4 Å². The number of hydrogen-bond donors (Lipinski definition) is 1. The molecule has 1 unspecified atom stereocenters. The van der Waals surface area contributed by atoms with Crippen LogP contribution in [0.4, 0.5) is 4.79 Å². The number of aromatic nitrogens is 2. The molecule has 0 radical (unpaired) electrons. The van der Waals surface area contributed by atoms with Gasteiger partial charge in [-0.15, -0.1) is 0 Å². The summed E-state index contributed by atoms with van der Waals surface area (Å²) in [6.45, 7) is 4.56. The van der Waals surface area contributed by atoms with Crippen molar-refractivity contribution >= 4 is 23.0 Å². The van der Waals surface area contributed by atoms with Crippen LogP contribution in [0.1, 0.15) is 55.8 Å². The van der Waals surface area contributed by atoms with Crippen LogP contribution in [0, 0.1) is 0 Å². The van der Waals surface area contributed by atoms with E-state index >= 15 is 0 Å². The molecule has 3 aliphatic rings. The molecule has 2 aliphatic heterocycles. The third-order valence-corrected chi connectivity index (χ3v) is 7.05. The normalized spacial score (nSPS) is 22.7. The monoisotopic (exact) mass is 437 g/mol. The van der Waals surface area contributed by atoms with Crippen LogP contribution in [0.25, 0.3) is 11.0 Å². The smallest absolute Gasteiger partial charge is 0.317 e. The fraction of sp³-hybridized carbons (Fsp3) is 0.583. The topological polar surface area (TPSA) is 87.7 Å². The van der Waals surface area contributed by atoms with Crippen LogP contribution in [0.5, 0.6) is 0 Å². The summed E-state index contributed by atoms with van der Waals surface area (Å²) < 4.78 is 6.31. The first-order chi connectivity index (χ1) is 15.6. The SMILES string of the molecule is CCNC(=O)N(C1CC1)C1CCOC2(CCN(C(=O)c3cccc4nccnc34)CC2)C1. The maximum Gasteiger partial charge on any atom is 0.317 e. The Labute approximate surface area is 188 Å². The average molecular weight is 438 g/mol. The van der Waals surface area contributed by atoms with Crippen molar-refractivity contribution in [2.75, 3.05) is 26.2 Å². The third-order valence-electron chi connectivity index (χ3n) is 7.05. The number of ether oxygens (including phenoxy) is 1. The molecule has 1 saturated carbocycles. The average Bonchev–Trinajstić information content (AvgIpc) is 3.64. The van der Waals surface area contributed by atoms with Gasteiger partial charge in [0.15, 0.2) is 0 Å². The zero-order valence-corrected chi connectivity index (χ0v) is 18.6. The Morgan fingerprint density at radius 1 is 1.16 bits per heavy atom. The molecule has 1 spiro atoms. The van der Waals surface area contributed by atoms with Crippen LogP contribution in [0.3, 0.4) is 0 Å². The lowest BCUT2D eigenvalue weighted by Crippen LogP contribution is -2.57. The van der Waals surface area contributed by atoms with Gasteiger partial charge in [0, 0.05) is 50.7 Å². The van der Waals surface area contributed by atoms with Crippen LogP contribution >= 0.6 is 0 Å². The van der Waals surface area contributed by atoms with Gasteiger partial charge in [0.1, 0.15) is 5.52 Å². The first-order valence-corrected chi connectivity index (χ1v) is 11.8. The predicted molar refractivity (Wildman–Crippen MR) is 120 cm³/mol. The summed E-state index contributed by atoms with van der Waals surface area (Å²) in [5, 5.41) is 2.99. The van der Waals surface area contributed by atoms with Gasteiger partial charge in [-0.25, -0.2) is 4.79 Å². The molecule has 170 valence electrons. The van der Waals surface area contributed by atoms with E-state index in [-0.39, 0.29) is 23.6 Å². The van der Waals surface area contributed by atoms with Crippen molar-refractivity contribution in [3.63, 3.8) is 0 Å². The Morgan fingerprint density at radius 3 is 2.69 bits per heavy atom. The van der Waals surface area contributed by atoms with Gasteiger partial charge in [0.2, 0.25) is 0 Å². The van der Waals surface area contributed by atoms with E-state index in [1.165, 1.54) is 0 Å². The highest BCUT2D eigenvalue weighted by Crippen LogP contribution is 2.40. The van der Waals surface area contributed by atoms with Crippen molar-refractivity contribution in [1.29, 1.82) is 0 Å². The fourth-order valence-corrected chi connectivity index (χ4v) is 5.27. The van der Waals surface area contributed by atoms with E-state index in [4.69, 9.17) is 4.74 Å². The van der Waals surface area contributed by atoms with Crippen LogP contribution in [-0.2, 0) is 4.74 Å². The van der Waals surface area contributed by atoms with E-state index in [1.807, 2.05) is 30.0 Å². The van der Waals surface area contributed by atoms with Crippen molar-refractivity contribution in [1.82, 2.24) is 25.1 Å². The summed E-state index contributed by atoms with van der Waals surface area (Å²) in [6.07, 6.45) is 8.77. The van der Waals surface area contributed by atoms with Crippen molar-refractivity contribution in [2.24, 2.45) is 0 Å². The number of nitrogens with zero attached hydrogens (tertiary/aromatic N) is 4. The van der Waals surface area contributed by atoms with E-state index in [9.17, 15) is 9.59 Å². The number of carbonyl (C=O) groups excluding carboxylic acids is 2. The maximum atomic E-state index is 13.3. The number of hydrogen-bond acceptors (Lipinski definition) is 5. The number of carbonyl (C=O) groups is 2. The molecular weight excluding hydrogens is 406 g/mol. The minimum absolute atomic E-state index is 0.000222. The lowest BCUT2D eigenvalue weighted by molar-refractivity contribution is -0.126. The molecule has 1 aliphatic carbocycles. The minimum Gasteiger partial charge on any atom is -0.375 e. The van der Waals surface area contributed by atoms with Gasteiger partial charge in [-0.1, -0.05) is 6.07 Å². The Morgan fingerprint density at radius 2 is 1.94 bits per heavy atom. The molecule has 32 heavy (non-hydrogen) atoms. The van der Waals surface area contributed by atoms with Crippen LogP contribution in [0.2, 0.25) is 0 Å². The number of amides is 3. The number of nitrogens with one attached hydrogen (secondary N) is 1. The molecule has 1 aromatic carbocycles. The van der Waals surface area contributed by atoms with Gasteiger partial charge in [-0.3, -0.25) is 14.8 Å². The van der Waals surface area contributed by atoms with Crippen molar-refractivity contribution in [3.8, 4) is 0 Å². The molecule has 0 bridgehead atoms. The number of rotatable bonds is 4. The summed E-state index contributed by atoms with van der Waals surface area (Å²) in [5.41, 5.74) is 1.73. The predicted octanol–water partition coefficient (Wildman–Crippen LogP) is 2.98. The van der Waals surface area contributed by atoms with E-state index < -0.39 is 0 Å². The number of likely N-dealkylation sites (tertiary alicyclic amines) is 1. The zero-order chi connectivity index (χ0) is 22.1. The zero-order valence-electron chi connectivity index (χ0n) is 18.6. The highest BCUT2D eigenvalue weighted by Gasteiger charge is 2.46. The highest BCUT2D eigenvalue weighted by molar-refractivity contribution is 6.04. The molecule has 1 aromatic heterocycles. The van der Waals surface area contributed by atoms with Gasteiger partial charge >= 0.3 is 6.03 Å². The van der Waals surface area contributed by atoms with Crippen molar-refractivity contribution in [3.05, 3.63) is 36.2 Å². The van der Waals surface area contributed by atoms with Crippen molar-refractivity contribution < 1.29 is 14.3 Å². The van der Waals surface area contributed by atoms with E-state index in [2.05, 4.69) is 20.2 Å². The summed E-state index contributed by atoms with van der Waals surface area (Å²) >= 11 is 0. The second kappa shape index (κ2) is 8.65. The van der Waals surface area contributed by atoms with E-state index in [0.29, 0.717) is 43.4 Å². The number of para-hydroxylation sites is 1. The summed E-state index contributed by atoms with van der Waals surface area (Å²) in [6, 6.07) is 6.20. The molecule has 8 heteroatoms. The molecule has 5 rings (SSSR count). The van der Waals surface area contributed by atoms with E-state index in [0.717, 1.165) is 44.0 Å². The maximum absolute atomic E-state index is 13.3. The largest absolute Gasteiger partial charge is 0.375 e. The Balaban J connectivity index is 1.27. The lowest BCUT2D eigenvalue weighted by atomic mass is 9.81. The van der Waals surface area contributed by atoms with Crippen molar-refractivity contribution in [2.45, 2.75) is 63.1 Å². The first kappa shape index (κ1) is 21.1. The molecule has 3 amide bonds. The molecule has 1 N–H and O–H groups in total. The standard InChI is InChI=1S/C24H31N5O3/c1-2-25-23(31)29(17-6-7-17)18-8-15-32-24(16-18)9-13-28(14-10-24)22(30)19-4-3-5-20-21(19)27-12-11-26-20/h3-5,11-12,17-18H,2,6-10,13-16H2,1H3,(H,25,31). The van der Waals surface area contributed by atoms with Gasteiger partial charge in [-0.05, 0) is 57.6 Å². The van der Waals surface area contributed by atoms with Gasteiger partial charge in [0.05, 0.1) is 16.7 Å². The van der Waals surface area contributed by atoms with Crippen LogP contribution in [-0.4, -0.2) is 75.6 Å². The second-order valence-corrected chi connectivity index (χ2v) is 9.17. The summed E-state index contributed by atoms with van der Waals surface area (Å²) in [4.78, 5) is 38.7. The molecule has 2 aromatic rings. The summed E-state index contributed by atoms with van der Waals surface area (Å²) in [7, 11) is 0. The Bertz CT molecular complexity index is 995. The molecular formula is C24H31N5O3. The quantitative estimate of drug-likeness (QED) is 0.795. The van der Waals surface area contributed by atoms with Gasteiger partial charge in [-0.2, -0.15) is 0 Å². The summed E-state index contributed by atoms with van der Waals surface area (Å²) in [5.74, 6) is 0.000222. The number of fused-ring (bicyclic) bond motifs is 1. The first-order valence-electron chi connectivity index (χ1n) is 11.8. The highest BCUT2D eigenvalue weighted by atomic mass is 16.5. The molecule has 3 fully saturated rings. The van der Waals surface area contributed by atoms with Gasteiger partial charge in [0.25, 0.3) is 5.91 Å². The van der Waals surface area contributed by atoms with Crippen LogP contribution < -0.4 is 5.32 Å². The molecule has 8 nitrogen and oxygen atoms in total. The second-order valence-electron chi connectivity index (χ2n) is 9.17. The number of urea groups is 1. The van der Waals surface area contributed by atoms with Gasteiger partial charge < -0.3 is 19.9 Å². The number of benzene rings is 1. The Kier molecular flexibility index (Phi) is 5.71. The third kappa shape index (κ3) is 4.03. The van der Waals surface area contributed by atoms with Crippen LogP contribution in [0.15, 0.2) is 30.6 Å². The molecule has 1 atom stereocenters. The lowest BCUT2D eigenvalue weighted by Gasteiger charge is -2.48. The molecule has 3 heterocycles. The fourth-order valence-electron chi connectivity index (χ4n) is 5.27. The minimum atomic E-state index is -0.252. The number of piperidine rings is 1. The molecule has 2 saturated heterocycles. The Hall–Kier alpha value is -2.74.